The molecule has 4 amide bonds. The van der Waals surface area contributed by atoms with Crippen LogP contribution in [0.2, 0.25) is 0 Å². The lowest BCUT2D eigenvalue weighted by Crippen LogP contribution is -2.60. The molecule has 0 fully saturated rings. The van der Waals surface area contributed by atoms with Gasteiger partial charge >= 0.3 is 5.97 Å². The van der Waals surface area contributed by atoms with E-state index in [0.29, 0.717) is 5.56 Å². The Balaban J connectivity index is 1.77. The van der Waals surface area contributed by atoms with Gasteiger partial charge in [-0.25, -0.2) is 0 Å². The van der Waals surface area contributed by atoms with E-state index in [1.807, 2.05) is 0 Å². The molecule has 254 valence electrons. The number of nitro groups is 1. The van der Waals surface area contributed by atoms with E-state index in [2.05, 4.69) is 21.3 Å². The van der Waals surface area contributed by atoms with Gasteiger partial charge in [0.05, 0.1) is 23.5 Å². The van der Waals surface area contributed by atoms with Gasteiger partial charge in [0.25, 0.3) is 5.69 Å². The number of nitrogens with one attached hydrogen (secondary N) is 4. The van der Waals surface area contributed by atoms with Crippen LogP contribution in [-0.4, -0.2) is 80.1 Å². The van der Waals surface area contributed by atoms with Gasteiger partial charge in [-0.2, -0.15) is 0 Å². The molecule has 0 heterocycles. The number of anilines is 1. The third-order valence-corrected chi connectivity index (χ3v) is 7.06. The molecule has 0 radical (unpaired) electrons. The van der Waals surface area contributed by atoms with E-state index < -0.39 is 71.2 Å². The third-order valence-electron chi connectivity index (χ3n) is 7.06. The van der Waals surface area contributed by atoms with Gasteiger partial charge in [-0.1, -0.05) is 42.5 Å². The van der Waals surface area contributed by atoms with Crippen LogP contribution in [0.1, 0.15) is 24.5 Å². The summed E-state index contributed by atoms with van der Waals surface area (Å²) in [5.74, 6) is -5.27. The van der Waals surface area contributed by atoms with E-state index in [4.69, 9.17) is 5.73 Å². The number of hydrogen-bond donors (Lipinski definition) is 8. The van der Waals surface area contributed by atoms with Crippen molar-refractivity contribution in [3.05, 3.63) is 100 Å². The van der Waals surface area contributed by atoms with Crippen LogP contribution in [0.25, 0.3) is 0 Å². The second-order valence-corrected chi connectivity index (χ2v) is 10.9. The molecule has 0 aromatic heterocycles. The molecule has 16 nitrogen and oxygen atoms in total. The molecule has 3 rings (SSSR count). The molecule has 9 N–H and O–H groups in total. The van der Waals surface area contributed by atoms with Gasteiger partial charge in [0.15, 0.2) is 0 Å². The Bertz CT molecular complexity index is 1600. The van der Waals surface area contributed by atoms with Gasteiger partial charge in [0.1, 0.15) is 23.9 Å². The highest BCUT2D eigenvalue weighted by Crippen LogP contribution is 2.17. The fourth-order valence-corrected chi connectivity index (χ4v) is 4.52. The predicted molar refractivity (Wildman–Crippen MR) is 171 cm³/mol. The molecule has 0 bridgehead atoms. The first-order chi connectivity index (χ1) is 22.7. The molecule has 0 saturated carbocycles. The molecular formula is C32H36N6O10. The number of nitrogens with zero attached hydrogens (tertiary/aromatic N) is 1. The number of phenolic OH excluding ortho intramolecular Hbond substituents is 1. The topological polar surface area (TPSA) is 263 Å². The molecule has 3 aromatic rings. The lowest BCUT2D eigenvalue weighted by atomic mass is 10.0. The van der Waals surface area contributed by atoms with Crippen LogP contribution >= 0.6 is 0 Å². The van der Waals surface area contributed by atoms with E-state index in [9.17, 15) is 49.4 Å². The second-order valence-electron chi connectivity index (χ2n) is 10.9. The highest BCUT2D eigenvalue weighted by Gasteiger charge is 2.33. The minimum absolute atomic E-state index is 0.0559. The summed E-state index contributed by atoms with van der Waals surface area (Å²) in [6.45, 7) is 1.20. The highest BCUT2D eigenvalue weighted by molar-refractivity contribution is 6.00. The fraction of sp³-hybridized carbons (Fsp3) is 0.281. The smallest absolute Gasteiger partial charge is 0.305 e. The highest BCUT2D eigenvalue weighted by atomic mass is 16.6. The second kappa shape index (κ2) is 17.2. The van der Waals surface area contributed by atoms with Crippen LogP contribution in [-0.2, 0) is 36.8 Å². The van der Waals surface area contributed by atoms with Crippen LogP contribution in [0.15, 0.2) is 78.9 Å². The first kappa shape index (κ1) is 36.6. The molecule has 0 aliphatic carbocycles. The normalized spacial score (nSPS) is 13.9. The van der Waals surface area contributed by atoms with Crippen molar-refractivity contribution in [2.24, 2.45) is 5.73 Å². The summed E-state index contributed by atoms with van der Waals surface area (Å²) in [6.07, 6.45) is -2.44. The Hall–Kier alpha value is -5.87. The summed E-state index contributed by atoms with van der Waals surface area (Å²) < 4.78 is 0. The number of nitrogens with two attached hydrogens (primary N) is 1. The van der Waals surface area contributed by atoms with Crippen molar-refractivity contribution < 1.29 is 44.2 Å². The molecule has 0 spiro atoms. The number of aliphatic carboxylic acids is 1. The number of non-ortho nitro benzene ring substituents is 1. The van der Waals surface area contributed by atoms with Crippen molar-refractivity contribution in [1.29, 1.82) is 0 Å². The van der Waals surface area contributed by atoms with Crippen LogP contribution in [0.3, 0.4) is 0 Å². The predicted octanol–water partition coefficient (Wildman–Crippen LogP) is 0.362. The lowest BCUT2D eigenvalue weighted by molar-refractivity contribution is -0.384. The number of aliphatic hydroxyl groups is 1. The Morgan fingerprint density at radius 1 is 0.771 bits per heavy atom. The summed E-state index contributed by atoms with van der Waals surface area (Å²) >= 11 is 0. The number of amides is 4. The van der Waals surface area contributed by atoms with Crippen LogP contribution < -0.4 is 27.0 Å². The number of rotatable bonds is 16. The van der Waals surface area contributed by atoms with Crippen LogP contribution in [0.5, 0.6) is 5.75 Å². The average molecular weight is 665 g/mol. The number of aromatic hydroxyl groups is 1. The standard InChI is InChI=1S/C32H36N6O10/c1-18(39)28(37-29(43)24(33)15-19-5-3-2-4-6-19)32(46)36-26(17-27(41)42)31(45)35-25(16-20-7-13-23(40)14-8-20)30(44)34-21-9-11-22(12-10-21)38(47)48/h2-14,18,24-26,28,39-40H,15-17,33H2,1H3,(H,34,44)(H,35,45)(H,36,46)(H,37,43)(H,41,42)/t18-,24+,25+,26+,28+/m1/s1. The van der Waals surface area contributed by atoms with E-state index in [-0.39, 0.29) is 30.0 Å². The minimum atomic E-state index is -1.76. The zero-order chi connectivity index (χ0) is 35.4. The molecule has 0 saturated heterocycles. The van der Waals surface area contributed by atoms with Gasteiger partial charge in [0, 0.05) is 24.2 Å². The van der Waals surface area contributed by atoms with Crippen molar-refractivity contribution in [1.82, 2.24) is 16.0 Å². The van der Waals surface area contributed by atoms with Gasteiger partial charge < -0.3 is 42.3 Å². The molecule has 48 heavy (non-hydrogen) atoms. The quantitative estimate of drug-likeness (QED) is 0.0765. The summed E-state index contributed by atoms with van der Waals surface area (Å²) in [5.41, 5.74) is 7.16. The summed E-state index contributed by atoms with van der Waals surface area (Å²) in [5, 5.41) is 49.9. The SMILES string of the molecule is C[C@@H](O)[C@H](NC(=O)[C@@H](N)Cc1ccccc1)C(=O)N[C@@H](CC(=O)O)C(=O)N[C@@H](Cc1ccc(O)cc1)C(=O)Nc1ccc([N+](=O)[O-])cc1. The number of hydrogen-bond acceptors (Lipinski definition) is 10. The number of carbonyl (C=O) groups is 5. The van der Waals surface area contributed by atoms with Crippen LogP contribution in [0.4, 0.5) is 11.4 Å². The largest absolute Gasteiger partial charge is 0.508 e. The lowest BCUT2D eigenvalue weighted by Gasteiger charge is -2.26. The van der Waals surface area contributed by atoms with E-state index in [0.717, 1.165) is 17.7 Å². The first-order valence-electron chi connectivity index (χ1n) is 14.7. The number of benzene rings is 3. The Morgan fingerprint density at radius 3 is 1.92 bits per heavy atom. The maximum Gasteiger partial charge on any atom is 0.305 e. The van der Waals surface area contributed by atoms with Gasteiger partial charge in [-0.15, -0.1) is 0 Å². The molecule has 3 aromatic carbocycles. The fourth-order valence-electron chi connectivity index (χ4n) is 4.52. The van der Waals surface area contributed by atoms with Crippen molar-refractivity contribution >= 4 is 41.0 Å². The van der Waals surface area contributed by atoms with Crippen molar-refractivity contribution in [2.45, 2.75) is 56.5 Å². The van der Waals surface area contributed by atoms with Crippen molar-refractivity contribution in [2.75, 3.05) is 5.32 Å². The molecule has 0 unspecified atom stereocenters. The number of carbonyl (C=O) groups excluding carboxylic acids is 4. The molecular weight excluding hydrogens is 628 g/mol. The molecule has 0 aliphatic rings. The third kappa shape index (κ3) is 11.2. The van der Waals surface area contributed by atoms with Gasteiger partial charge in [0.2, 0.25) is 23.6 Å². The van der Waals surface area contributed by atoms with E-state index in [1.165, 1.54) is 43.3 Å². The molecule has 5 atom stereocenters. The van der Waals surface area contributed by atoms with E-state index in [1.54, 1.807) is 30.3 Å². The monoisotopic (exact) mass is 664 g/mol. The van der Waals surface area contributed by atoms with Crippen molar-refractivity contribution in [3.63, 3.8) is 0 Å². The average Bonchev–Trinajstić information content (AvgIpc) is 3.04. The van der Waals surface area contributed by atoms with Gasteiger partial charge in [-0.05, 0) is 48.7 Å². The Labute approximate surface area is 274 Å². The summed E-state index contributed by atoms with van der Waals surface area (Å²) in [4.78, 5) is 74.8. The Kier molecular flexibility index (Phi) is 13.1. The number of phenols is 1. The number of aliphatic hydroxyl groups excluding tert-OH is 1. The molecule has 16 heteroatoms. The van der Waals surface area contributed by atoms with E-state index >= 15 is 0 Å². The maximum absolute atomic E-state index is 13.4. The summed E-state index contributed by atoms with van der Waals surface area (Å²) in [6, 6.07) is 13.5. The Morgan fingerprint density at radius 2 is 1.35 bits per heavy atom. The number of nitro benzene ring substituents is 1. The molecule has 0 aliphatic heterocycles. The summed E-state index contributed by atoms with van der Waals surface area (Å²) in [7, 11) is 0. The van der Waals surface area contributed by atoms with Gasteiger partial charge in [-0.3, -0.25) is 34.1 Å². The minimum Gasteiger partial charge on any atom is -0.508 e. The maximum atomic E-state index is 13.4. The zero-order valence-corrected chi connectivity index (χ0v) is 25.7. The van der Waals surface area contributed by atoms with Crippen LogP contribution in [0, 0.1) is 10.1 Å². The number of carboxylic acid groups (broad SMARTS) is 1. The number of carboxylic acids is 1. The zero-order valence-electron chi connectivity index (χ0n) is 25.7. The van der Waals surface area contributed by atoms with Crippen molar-refractivity contribution in [3.8, 4) is 5.75 Å². The first-order valence-corrected chi connectivity index (χ1v) is 14.7.